The van der Waals surface area contributed by atoms with Crippen molar-refractivity contribution >= 4 is 17.9 Å². The summed E-state index contributed by atoms with van der Waals surface area (Å²) in [6.45, 7) is 5.09. The molecule has 0 radical (unpaired) electrons. The molecular weight excluding hydrogens is 438 g/mol. The Hall–Kier alpha value is -2.01. The maximum absolute atomic E-state index is 13.0. The molecule has 1 saturated heterocycles. The maximum atomic E-state index is 13.0. The Labute approximate surface area is 173 Å². The number of carbonyl (C=O) groups excluding carboxylic acids is 3. The molecule has 0 aromatic carbocycles. The van der Waals surface area contributed by atoms with E-state index in [0.29, 0.717) is 6.42 Å². The van der Waals surface area contributed by atoms with Gasteiger partial charge >= 0.3 is 30.3 Å². The molecule has 2 bridgehead atoms. The molecule has 2 aliphatic carbocycles. The molecule has 31 heavy (non-hydrogen) atoms. The Bertz CT molecular complexity index is 775. The van der Waals surface area contributed by atoms with Crippen molar-refractivity contribution in [3.05, 3.63) is 0 Å². The van der Waals surface area contributed by atoms with Crippen molar-refractivity contribution in [2.45, 2.75) is 77.1 Å². The predicted molar refractivity (Wildman–Crippen MR) is 89.1 cm³/mol. The zero-order chi connectivity index (χ0) is 23.6. The van der Waals surface area contributed by atoms with Gasteiger partial charge < -0.3 is 14.2 Å². The SMILES string of the molecule is CCC(C)(C)C(=O)OC1C2CC3C1OC(=O)C3(C(=O)OC(CC(F)(F)F)C(F)(F)F)C2. The quantitative estimate of drug-likeness (QED) is 0.260. The van der Waals surface area contributed by atoms with E-state index in [1.165, 1.54) is 0 Å². The maximum Gasteiger partial charge on any atom is 0.425 e. The molecule has 0 N–H and O–H groups in total. The Morgan fingerprint density at radius 1 is 1.19 bits per heavy atom. The monoisotopic (exact) mass is 460 g/mol. The molecule has 0 amide bonds. The van der Waals surface area contributed by atoms with Gasteiger partial charge in [0, 0.05) is 11.8 Å². The van der Waals surface area contributed by atoms with Crippen molar-refractivity contribution < 1.29 is 54.9 Å². The van der Waals surface area contributed by atoms with Crippen molar-refractivity contribution in [2.75, 3.05) is 0 Å². The average molecular weight is 460 g/mol. The number of carbonyl (C=O) groups is 3. The molecular formula is C19H22F6O6. The van der Waals surface area contributed by atoms with E-state index in [0.717, 1.165) is 0 Å². The first-order valence-corrected chi connectivity index (χ1v) is 9.79. The Kier molecular flexibility index (Phi) is 5.54. The summed E-state index contributed by atoms with van der Waals surface area (Å²) < 4.78 is 91.6. The molecule has 3 aliphatic rings. The number of hydrogen-bond acceptors (Lipinski definition) is 6. The van der Waals surface area contributed by atoms with Crippen molar-refractivity contribution in [1.29, 1.82) is 0 Å². The molecule has 6 nitrogen and oxygen atoms in total. The molecule has 3 rings (SSSR count). The van der Waals surface area contributed by atoms with E-state index in [1.54, 1.807) is 20.8 Å². The van der Waals surface area contributed by atoms with Gasteiger partial charge in [0.1, 0.15) is 12.2 Å². The zero-order valence-corrected chi connectivity index (χ0v) is 16.9. The number of rotatable bonds is 6. The fourth-order valence-electron chi connectivity index (χ4n) is 4.53. The van der Waals surface area contributed by atoms with Gasteiger partial charge in [0.05, 0.1) is 11.8 Å². The highest BCUT2D eigenvalue weighted by Crippen LogP contribution is 2.63. The molecule has 2 saturated carbocycles. The van der Waals surface area contributed by atoms with Crippen LogP contribution < -0.4 is 0 Å². The molecule has 0 aromatic heterocycles. The van der Waals surface area contributed by atoms with E-state index in [9.17, 15) is 40.7 Å². The number of halogens is 6. The molecule has 0 aromatic rings. The largest absolute Gasteiger partial charge is 0.458 e. The van der Waals surface area contributed by atoms with Crippen molar-refractivity contribution in [2.24, 2.45) is 22.7 Å². The van der Waals surface area contributed by atoms with Crippen LogP contribution in [0.3, 0.4) is 0 Å². The fourth-order valence-corrected chi connectivity index (χ4v) is 4.53. The number of fused-ring (bicyclic) bond motifs is 1. The highest BCUT2D eigenvalue weighted by molar-refractivity contribution is 6.03. The van der Waals surface area contributed by atoms with Crippen LogP contribution in [-0.4, -0.2) is 48.6 Å². The molecule has 0 spiro atoms. The topological polar surface area (TPSA) is 78.9 Å². The summed E-state index contributed by atoms with van der Waals surface area (Å²) in [5, 5.41) is 0. The predicted octanol–water partition coefficient (Wildman–Crippen LogP) is 3.71. The highest BCUT2D eigenvalue weighted by atomic mass is 19.4. The van der Waals surface area contributed by atoms with Gasteiger partial charge in [-0.05, 0) is 33.1 Å². The Morgan fingerprint density at radius 2 is 1.81 bits per heavy atom. The van der Waals surface area contributed by atoms with Crippen LogP contribution >= 0.6 is 0 Å². The van der Waals surface area contributed by atoms with Gasteiger partial charge in [0.15, 0.2) is 5.41 Å². The summed E-state index contributed by atoms with van der Waals surface area (Å²) in [4.78, 5) is 37.5. The van der Waals surface area contributed by atoms with Gasteiger partial charge in [-0.3, -0.25) is 14.4 Å². The van der Waals surface area contributed by atoms with Gasteiger partial charge in [0.2, 0.25) is 6.10 Å². The number of hydrogen-bond donors (Lipinski definition) is 0. The van der Waals surface area contributed by atoms with Gasteiger partial charge in [-0.25, -0.2) is 0 Å². The van der Waals surface area contributed by atoms with Gasteiger partial charge in [-0.15, -0.1) is 0 Å². The molecule has 3 fully saturated rings. The minimum absolute atomic E-state index is 0.145. The summed E-state index contributed by atoms with van der Waals surface area (Å²) in [6, 6.07) is 0. The summed E-state index contributed by atoms with van der Waals surface area (Å²) in [6.07, 6.45) is -18.2. The second-order valence-electron chi connectivity index (χ2n) is 9.01. The lowest BCUT2D eigenvalue weighted by molar-refractivity contribution is -0.255. The van der Waals surface area contributed by atoms with Crippen LogP contribution in [0.2, 0.25) is 0 Å². The van der Waals surface area contributed by atoms with Crippen LogP contribution in [0.25, 0.3) is 0 Å². The number of alkyl halides is 6. The highest BCUT2D eigenvalue weighted by Gasteiger charge is 2.76. The number of esters is 3. The minimum Gasteiger partial charge on any atom is -0.458 e. The van der Waals surface area contributed by atoms with Crippen molar-refractivity contribution in [1.82, 2.24) is 0 Å². The molecule has 176 valence electrons. The van der Waals surface area contributed by atoms with Crippen LogP contribution in [0, 0.1) is 22.7 Å². The van der Waals surface area contributed by atoms with Crippen molar-refractivity contribution in [3.8, 4) is 0 Å². The van der Waals surface area contributed by atoms with Crippen LogP contribution in [0.5, 0.6) is 0 Å². The lowest BCUT2D eigenvalue weighted by Gasteiger charge is -2.33. The van der Waals surface area contributed by atoms with Crippen LogP contribution in [0.4, 0.5) is 26.3 Å². The lowest BCUT2D eigenvalue weighted by Crippen LogP contribution is -2.49. The summed E-state index contributed by atoms with van der Waals surface area (Å²) in [5.41, 5.74) is -2.94. The van der Waals surface area contributed by atoms with E-state index < -0.39 is 77.7 Å². The third kappa shape index (κ3) is 3.97. The van der Waals surface area contributed by atoms with E-state index in [1.807, 2.05) is 0 Å². The number of ether oxygens (including phenoxy) is 3. The summed E-state index contributed by atoms with van der Waals surface area (Å²) in [5.74, 6) is -4.88. The first-order valence-electron chi connectivity index (χ1n) is 9.79. The Morgan fingerprint density at radius 3 is 2.32 bits per heavy atom. The van der Waals surface area contributed by atoms with Gasteiger partial charge in [0.25, 0.3) is 0 Å². The normalized spacial score (nSPS) is 33.3. The summed E-state index contributed by atoms with van der Waals surface area (Å²) in [7, 11) is 0. The average Bonchev–Trinajstić information content (AvgIpc) is 3.21. The Balaban J connectivity index is 1.78. The van der Waals surface area contributed by atoms with E-state index in [2.05, 4.69) is 4.74 Å². The fraction of sp³-hybridized carbons (Fsp3) is 0.842. The van der Waals surface area contributed by atoms with Crippen LogP contribution in [-0.2, 0) is 28.6 Å². The first kappa shape index (κ1) is 23.6. The molecule has 12 heteroatoms. The van der Waals surface area contributed by atoms with E-state index in [-0.39, 0.29) is 12.8 Å². The minimum atomic E-state index is -5.47. The van der Waals surface area contributed by atoms with Gasteiger partial charge in [-0.2, -0.15) is 26.3 Å². The van der Waals surface area contributed by atoms with Crippen molar-refractivity contribution in [3.63, 3.8) is 0 Å². The second-order valence-corrected chi connectivity index (χ2v) is 9.01. The third-order valence-corrected chi connectivity index (χ3v) is 6.64. The van der Waals surface area contributed by atoms with Gasteiger partial charge in [-0.1, -0.05) is 6.92 Å². The van der Waals surface area contributed by atoms with Crippen LogP contribution in [0.1, 0.15) is 46.5 Å². The first-order chi connectivity index (χ1) is 14.0. The third-order valence-electron chi connectivity index (χ3n) is 6.64. The second kappa shape index (κ2) is 7.26. The molecule has 6 unspecified atom stereocenters. The molecule has 1 aliphatic heterocycles. The lowest BCUT2D eigenvalue weighted by atomic mass is 9.73. The molecule has 6 atom stereocenters. The van der Waals surface area contributed by atoms with E-state index in [4.69, 9.17) is 9.47 Å². The van der Waals surface area contributed by atoms with Crippen LogP contribution in [0.15, 0.2) is 0 Å². The van der Waals surface area contributed by atoms with E-state index >= 15 is 0 Å². The standard InChI is InChI=1S/C19H22F6O6/c1-4-16(2,3)13(26)30-11-8-5-9-12(11)31-15(28)17(9,6-8)14(27)29-10(19(23,24)25)7-18(20,21)22/h8-12H,4-7H2,1-3H3. The zero-order valence-electron chi connectivity index (χ0n) is 16.9. The molecule has 1 heterocycles. The smallest absolute Gasteiger partial charge is 0.425 e. The summed E-state index contributed by atoms with van der Waals surface area (Å²) >= 11 is 0.